The molecular formula is C19H23NO4. The maximum absolute atomic E-state index is 11.8. The summed E-state index contributed by atoms with van der Waals surface area (Å²) in [5.74, 6) is 0.697. The van der Waals surface area contributed by atoms with Gasteiger partial charge in [-0.1, -0.05) is 6.42 Å². The van der Waals surface area contributed by atoms with Gasteiger partial charge in [0.1, 0.15) is 23.0 Å². The Morgan fingerprint density at radius 1 is 1.12 bits per heavy atom. The molecule has 0 saturated carbocycles. The van der Waals surface area contributed by atoms with E-state index in [9.17, 15) is 9.90 Å². The molecule has 24 heavy (non-hydrogen) atoms. The van der Waals surface area contributed by atoms with Gasteiger partial charge in [-0.15, -0.1) is 0 Å². The van der Waals surface area contributed by atoms with Crippen molar-refractivity contribution in [2.75, 3.05) is 13.1 Å². The summed E-state index contributed by atoms with van der Waals surface area (Å²) in [6, 6.07) is 6.79. The Kier molecular flexibility index (Phi) is 3.66. The van der Waals surface area contributed by atoms with Crippen molar-refractivity contribution < 1.29 is 14.3 Å². The van der Waals surface area contributed by atoms with Crippen LogP contribution < -0.4 is 10.4 Å². The highest BCUT2D eigenvalue weighted by Crippen LogP contribution is 2.46. The van der Waals surface area contributed by atoms with E-state index >= 15 is 0 Å². The highest BCUT2D eigenvalue weighted by atomic mass is 16.5. The summed E-state index contributed by atoms with van der Waals surface area (Å²) < 4.78 is 11.6. The smallest absolute Gasteiger partial charge is 0.336 e. The first-order valence-corrected chi connectivity index (χ1v) is 8.65. The molecule has 3 heterocycles. The highest BCUT2D eigenvalue weighted by Gasteiger charge is 2.46. The number of aliphatic hydroxyl groups excluding tert-OH is 1. The Labute approximate surface area is 140 Å². The average Bonchev–Trinajstić information content (AvgIpc) is 2.56. The molecule has 4 rings (SSSR count). The third kappa shape index (κ3) is 2.43. The van der Waals surface area contributed by atoms with Gasteiger partial charge in [-0.3, -0.25) is 4.90 Å². The van der Waals surface area contributed by atoms with Gasteiger partial charge in [-0.25, -0.2) is 4.79 Å². The number of fused-ring (bicyclic) bond motifs is 3. The van der Waals surface area contributed by atoms with Crippen LogP contribution in [-0.2, 0) is 0 Å². The van der Waals surface area contributed by atoms with Crippen molar-refractivity contribution in [3.05, 3.63) is 40.2 Å². The quantitative estimate of drug-likeness (QED) is 0.815. The molecule has 5 heteroatoms. The summed E-state index contributed by atoms with van der Waals surface area (Å²) in [4.78, 5) is 14.1. The lowest BCUT2D eigenvalue weighted by molar-refractivity contribution is -0.0958. The number of rotatable bonds is 1. The van der Waals surface area contributed by atoms with E-state index in [4.69, 9.17) is 9.15 Å². The molecule has 0 amide bonds. The molecule has 1 fully saturated rings. The van der Waals surface area contributed by atoms with Gasteiger partial charge in [0.05, 0.1) is 11.6 Å². The molecule has 2 atom stereocenters. The Bertz CT molecular complexity index is 820. The van der Waals surface area contributed by atoms with Crippen LogP contribution in [0.3, 0.4) is 0 Å². The van der Waals surface area contributed by atoms with Crippen molar-refractivity contribution in [2.45, 2.75) is 50.9 Å². The zero-order valence-electron chi connectivity index (χ0n) is 14.1. The molecule has 2 aromatic rings. The largest absolute Gasteiger partial charge is 0.485 e. The zero-order valence-corrected chi connectivity index (χ0v) is 14.1. The van der Waals surface area contributed by atoms with Gasteiger partial charge < -0.3 is 14.3 Å². The summed E-state index contributed by atoms with van der Waals surface area (Å²) in [6.45, 7) is 5.68. The van der Waals surface area contributed by atoms with E-state index in [2.05, 4.69) is 4.90 Å². The van der Waals surface area contributed by atoms with Crippen LogP contribution in [0.15, 0.2) is 33.5 Å². The van der Waals surface area contributed by atoms with Crippen molar-refractivity contribution >= 4 is 11.0 Å². The standard InChI is InChI=1S/C19H23NO4/c1-19(2)18(22)16(20-10-4-3-5-11-20)15-13(24-19)8-6-12-7-9-14(21)23-17(12)15/h6-9,16,18,22H,3-5,10-11H2,1-2H3/t16-,18-/m1/s1. The van der Waals surface area contributed by atoms with Crippen molar-refractivity contribution in [1.29, 1.82) is 0 Å². The van der Waals surface area contributed by atoms with E-state index < -0.39 is 11.7 Å². The molecule has 0 bridgehead atoms. The van der Waals surface area contributed by atoms with E-state index in [1.165, 1.54) is 12.5 Å². The third-order valence-corrected chi connectivity index (χ3v) is 5.25. The van der Waals surface area contributed by atoms with Crippen molar-refractivity contribution in [2.24, 2.45) is 0 Å². The van der Waals surface area contributed by atoms with E-state index in [-0.39, 0.29) is 11.7 Å². The van der Waals surface area contributed by atoms with E-state index in [1.807, 2.05) is 26.0 Å². The Morgan fingerprint density at radius 3 is 2.58 bits per heavy atom. The second-order valence-electron chi connectivity index (χ2n) is 7.34. The van der Waals surface area contributed by atoms with Crippen LogP contribution in [-0.4, -0.2) is 34.8 Å². The summed E-state index contributed by atoms with van der Waals surface area (Å²) in [6.07, 6.45) is 2.76. The van der Waals surface area contributed by atoms with E-state index in [0.717, 1.165) is 36.9 Å². The van der Waals surface area contributed by atoms with Crippen molar-refractivity contribution in [3.63, 3.8) is 0 Å². The maximum Gasteiger partial charge on any atom is 0.336 e. The van der Waals surface area contributed by atoms with Gasteiger partial charge in [0.2, 0.25) is 0 Å². The summed E-state index contributed by atoms with van der Waals surface area (Å²) in [5.41, 5.74) is 0.259. The fourth-order valence-corrected chi connectivity index (χ4v) is 3.97. The number of likely N-dealkylation sites (tertiary alicyclic amines) is 1. The summed E-state index contributed by atoms with van der Waals surface area (Å²) in [7, 11) is 0. The van der Waals surface area contributed by atoms with Crippen LogP contribution in [0.25, 0.3) is 11.0 Å². The second kappa shape index (κ2) is 5.60. The molecule has 2 aliphatic rings. The highest BCUT2D eigenvalue weighted by molar-refractivity contribution is 5.83. The first-order valence-electron chi connectivity index (χ1n) is 8.65. The molecule has 1 aromatic carbocycles. The molecule has 1 saturated heterocycles. The number of benzene rings is 1. The minimum Gasteiger partial charge on any atom is -0.485 e. The number of hydrogen-bond donors (Lipinski definition) is 1. The van der Waals surface area contributed by atoms with Crippen LogP contribution >= 0.6 is 0 Å². The predicted octanol–water partition coefficient (Wildman–Crippen LogP) is 2.85. The lowest BCUT2D eigenvalue weighted by Gasteiger charge is -2.47. The van der Waals surface area contributed by atoms with E-state index in [0.29, 0.717) is 11.3 Å². The van der Waals surface area contributed by atoms with Gasteiger partial charge in [0.15, 0.2) is 0 Å². The third-order valence-electron chi connectivity index (χ3n) is 5.25. The molecule has 0 spiro atoms. The predicted molar refractivity (Wildman–Crippen MR) is 91.4 cm³/mol. The van der Waals surface area contributed by atoms with Gasteiger partial charge >= 0.3 is 5.63 Å². The first kappa shape index (κ1) is 15.7. The van der Waals surface area contributed by atoms with Crippen molar-refractivity contribution in [3.8, 4) is 5.75 Å². The lowest BCUT2D eigenvalue weighted by atomic mass is 9.84. The van der Waals surface area contributed by atoms with Crippen molar-refractivity contribution in [1.82, 2.24) is 4.90 Å². The molecule has 0 unspecified atom stereocenters. The number of ether oxygens (including phenoxy) is 1. The SMILES string of the molecule is CC1(C)Oc2ccc3ccc(=O)oc3c2[C@@H](N2CCCCC2)[C@H]1O. The van der Waals surface area contributed by atoms with Crippen LogP contribution in [0.2, 0.25) is 0 Å². The van der Waals surface area contributed by atoms with Gasteiger partial charge in [-0.05, 0) is 58.0 Å². The maximum atomic E-state index is 11.8. The van der Waals surface area contributed by atoms with Crippen LogP contribution in [0.5, 0.6) is 5.75 Å². The monoisotopic (exact) mass is 329 g/mol. The number of hydrogen-bond acceptors (Lipinski definition) is 5. The fourth-order valence-electron chi connectivity index (χ4n) is 3.97. The summed E-state index contributed by atoms with van der Waals surface area (Å²) >= 11 is 0. The molecule has 128 valence electrons. The lowest BCUT2D eigenvalue weighted by Crippen LogP contribution is -2.54. The Hall–Kier alpha value is -1.85. The second-order valence-corrected chi connectivity index (χ2v) is 7.34. The number of nitrogens with zero attached hydrogens (tertiary/aromatic N) is 1. The molecule has 1 N–H and O–H groups in total. The normalized spacial score (nSPS) is 26.8. The van der Waals surface area contributed by atoms with Crippen LogP contribution in [0.4, 0.5) is 0 Å². The minimum absolute atomic E-state index is 0.224. The molecule has 5 nitrogen and oxygen atoms in total. The topological polar surface area (TPSA) is 62.9 Å². The molecule has 0 aliphatic carbocycles. The van der Waals surface area contributed by atoms with Crippen LogP contribution in [0, 0.1) is 0 Å². The minimum atomic E-state index is -0.697. The van der Waals surface area contributed by atoms with Gasteiger partial charge in [0.25, 0.3) is 0 Å². The zero-order chi connectivity index (χ0) is 16.9. The van der Waals surface area contributed by atoms with Crippen LogP contribution in [0.1, 0.15) is 44.7 Å². The molecular weight excluding hydrogens is 306 g/mol. The molecule has 1 aromatic heterocycles. The number of aliphatic hydroxyl groups is 1. The summed E-state index contributed by atoms with van der Waals surface area (Å²) in [5, 5.41) is 11.9. The number of piperidine rings is 1. The molecule has 0 radical (unpaired) electrons. The van der Waals surface area contributed by atoms with Gasteiger partial charge in [0, 0.05) is 11.5 Å². The average molecular weight is 329 g/mol. The first-order chi connectivity index (χ1) is 11.5. The molecule has 2 aliphatic heterocycles. The Balaban J connectivity index is 1.95. The van der Waals surface area contributed by atoms with E-state index in [1.54, 1.807) is 6.07 Å². The fraction of sp³-hybridized carbons (Fsp3) is 0.526. The Morgan fingerprint density at radius 2 is 1.83 bits per heavy atom. The van der Waals surface area contributed by atoms with Gasteiger partial charge in [-0.2, -0.15) is 0 Å².